The van der Waals surface area contributed by atoms with E-state index in [0.717, 1.165) is 0 Å². The number of hydrogen-bond acceptors (Lipinski definition) is 7. The van der Waals surface area contributed by atoms with Crippen LogP contribution in [0, 0.1) is 11.3 Å². The molecule has 2 rings (SSSR count). The molecule has 148 valence electrons. The van der Waals surface area contributed by atoms with E-state index in [9.17, 15) is 9.59 Å². The standard InChI is InChI=1S/C20H20N6O3/c1-15(25-22-14-8-13-21)18(19(27)23-16-9-4-2-5-10-16)26-29-20(28)24-17-11-6-3-7-12-17/h2-7,9-12,22H,8,14H2,1H3,(H,23,27)(H,24,28)/b25-15+,26-18-. The van der Waals surface area contributed by atoms with Gasteiger partial charge in [0.15, 0.2) is 5.71 Å². The lowest BCUT2D eigenvalue weighted by Crippen LogP contribution is -2.31. The van der Waals surface area contributed by atoms with Crippen molar-refractivity contribution in [2.24, 2.45) is 10.3 Å². The first-order chi connectivity index (χ1) is 14.1. The Morgan fingerprint density at radius 3 is 2.17 bits per heavy atom. The minimum atomic E-state index is -0.855. The molecule has 0 aromatic heterocycles. The van der Waals surface area contributed by atoms with Crippen molar-refractivity contribution in [1.82, 2.24) is 5.43 Å². The molecule has 2 amide bonds. The molecule has 0 spiro atoms. The normalized spacial score (nSPS) is 11.2. The van der Waals surface area contributed by atoms with E-state index in [1.807, 2.05) is 12.1 Å². The second-order valence-corrected chi connectivity index (χ2v) is 5.64. The van der Waals surface area contributed by atoms with E-state index in [2.05, 4.69) is 26.3 Å². The van der Waals surface area contributed by atoms with Crippen molar-refractivity contribution >= 4 is 34.8 Å². The van der Waals surface area contributed by atoms with Crippen molar-refractivity contribution in [3.63, 3.8) is 0 Å². The van der Waals surface area contributed by atoms with Crippen molar-refractivity contribution in [2.45, 2.75) is 13.3 Å². The Balaban J connectivity index is 2.11. The van der Waals surface area contributed by atoms with E-state index in [4.69, 9.17) is 10.1 Å². The molecule has 0 aliphatic rings. The molecule has 0 saturated carbocycles. The van der Waals surface area contributed by atoms with Gasteiger partial charge < -0.3 is 10.7 Å². The van der Waals surface area contributed by atoms with Gasteiger partial charge in [0.2, 0.25) is 0 Å². The van der Waals surface area contributed by atoms with Crippen molar-refractivity contribution in [2.75, 3.05) is 17.2 Å². The molecular weight excluding hydrogens is 372 g/mol. The van der Waals surface area contributed by atoms with Gasteiger partial charge in [0.25, 0.3) is 5.91 Å². The lowest BCUT2D eigenvalue weighted by molar-refractivity contribution is -0.110. The van der Waals surface area contributed by atoms with Gasteiger partial charge in [-0.3, -0.25) is 14.9 Å². The summed E-state index contributed by atoms with van der Waals surface area (Å²) in [4.78, 5) is 29.4. The lowest BCUT2D eigenvalue weighted by atomic mass is 10.2. The van der Waals surface area contributed by atoms with Crippen molar-refractivity contribution in [3.05, 3.63) is 60.7 Å². The van der Waals surface area contributed by atoms with E-state index >= 15 is 0 Å². The number of para-hydroxylation sites is 2. The van der Waals surface area contributed by atoms with Crippen molar-refractivity contribution < 1.29 is 14.4 Å². The van der Waals surface area contributed by atoms with Gasteiger partial charge in [0.1, 0.15) is 0 Å². The molecule has 0 bridgehead atoms. The Bertz CT molecular complexity index is 920. The van der Waals surface area contributed by atoms with E-state index in [1.54, 1.807) is 54.6 Å². The second kappa shape index (κ2) is 11.5. The Hall–Kier alpha value is -4.19. The molecule has 0 saturated heterocycles. The van der Waals surface area contributed by atoms with Crippen LogP contribution in [-0.4, -0.2) is 30.0 Å². The molecule has 9 heteroatoms. The zero-order valence-electron chi connectivity index (χ0n) is 15.8. The van der Waals surface area contributed by atoms with Gasteiger partial charge >= 0.3 is 6.09 Å². The molecule has 0 heterocycles. The van der Waals surface area contributed by atoms with Gasteiger partial charge in [-0.15, -0.1) is 0 Å². The summed E-state index contributed by atoms with van der Waals surface area (Å²) in [5.74, 6) is -0.605. The molecule has 0 radical (unpaired) electrons. The SMILES string of the molecule is CC(=N\NCCC#N)/C(=N/OC(=O)Nc1ccccc1)C(=O)Nc1ccccc1. The van der Waals surface area contributed by atoms with Gasteiger partial charge in [0.05, 0.1) is 18.2 Å². The van der Waals surface area contributed by atoms with Crippen molar-refractivity contribution in [1.29, 1.82) is 5.26 Å². The predicted octanol–water partition coefficient (Wildman–Crippen LogP) is 3.11. The Morgan fingerprint density at radius 2 is 1.59 bits per heavy atom. The first kappa shape index (κ1) is 21.1. The third-order valence-corrected chi connectivity index (χ3v) is 3.42. The summed E-state index contributed by atoms with van der Waals surface area (Å²) in [7, 11) is 0. The maximum absolute atomic E-state index is 12.6. The number of hydrogen-bond donors (Lipinski definition) is 3. The van der Waals surface area contributed by atoms with E-state index in [-0.39, 0.29) is 17.8 Å². The summed E-state index contributed by atoms with van der Waals surface area (Å²) in [5, 5.41) is 21.4. The van der Waals surface area contributed by atoms with Crippen LogP contribution in [0.25, 0.3) is 0 Å². The highest BCUT2D eigenvalue weighted by Crippen LogP contribution is 2.07. The predicted molar refractivity (Wildman–Crippen MR) is 110 cm³/mol. The third kappa shape index (κ3) is 7.52. The minimum Gasteiger partial charge on any atom is -0.320 e. The fraction of sp³-hybridized carbons (Fsp3) is 0.150. The van der Waals surface area contributed by atoms with Crippen LogP contribution in [0.2, 0.25) is 0 Å². The first-order valence-corrected chi connectivity index (χ1v) is 8.72. The smallest absolute Gasteiger partial charge is 0.320 e. The average Bonchev–Trinajstić information content (AvgIpc) is 2.73. The molecule has 29 heavy (non-hydrogen) atoms. The maximum Gasteiger partial charge on any atom is 0.437 e. The molecular formula is C20H20N6O3. The number of nitrogens with zero attached hydrogens (tertiary/aromatic N) is 3. The zero-order valence-corrected chi connectivity index (χ0v) is 15.8. The highest BCUT2D eigenvalue weighted by atomic mass is 16.7. The van der Waals surface area contributed by atoms with Crippen LogP contribution >= 0.6 is 0 Å². The Labute approximate surface area is 168 Å². The zero-order chi connectivity index (χ0) is 20.9. The number of amides is 2. The molecule has 0 fully saturated rings. The molecule has 2 aromatic rings. The summed E-state index contributed by atoms with van der Waals surface area (Å²) >= 11 is 0. The number of carbonyl (C=O) groups is 2. The monoisotopic (exact) mass is 392 g/mol. The summed E-state index contributed by atoms with van der Waals surface area (Å²) in [6.45, 7) is 1.83. The topological polar surface area (TPSA) is 128 Å². The lowest BCUT2D eigenvalue weighted by Gasteiger charge is -2.08. The summed E-state index contributed by atoms with van der Waals surface area (Å²) in [5.41, 5.74) is 3.72. The van der Waals surface area contributed by atoms with E-state index in [1.165, 1.54) is 6.92 Å². The van der Waals surface area contributed by atoms with Crippen LogP contribution < -0.4 is 16.1 Å². The molecule has 0 atom stereocenters. The van der Waals surface area contributed by atoms with Crippen LogP contribution in [0.15, 0.2) is 70.9 Å². The largest absolute Gasteiger partial charge is 0.437 e. The number of oxime groups is 1. The number of anilines is 2. The van der Waals surface area contributed by atoms with Crippen LogP contribution in [0.4, 0.5) is 16.2 Å². The van der Waals surface area contributed by atoms with Crippen LogP contribution in [0.1, 0.15) is 13.3 Å². The highest BCUT2D eigenvalue weighted by molar-refractivity contribution is 6.68. The van der Waals surface area contributed by atoms with Crippen LogP contribution in [0.5, 0.6) is 0 Å². The highest BCUT2D eigenvalue weighted by Gasteiger charge is 2.18. The van der Waals surface area contributed by atoms with E-state index in [0.29, 0.717) is 17.9 Å². The van der Waals surface area contributed by atoms with Gasteiger partial charge in [-0.1, -0.05) is 41.6 Å². The first-order valence-electron chi connectivity index (χ1n) is 8.72. The maximum atomic E-state index is 12.6. The Morgan fingerprint density at radius 1 is 1.00 bits per heavy atom. The molecule has 0 aliphatic carbocycles. The number of nitrogens with one attached hydrogen (secondary N) is 3. The summed E-state index contributed by atoms with van der Waals surface area (Å²) in [6.07, 6.45) is -0.610. The fourth-order valence-corrected chi connectivity index (χ4v) is 2.07. The number of benzene rings is 2. The fourth-order valence-electron chi connectivity index (χ4n) is 2.07. The molecule has 2 aromatic carbocycles. The molecule has 0 unspecified atom stereocenters. The molecule has 0 aliphatic heterocycles. The third-order valence-electron chi connectivity index (χ3n) is 3.42. The van der Waals surface area contributed by atoms with Gasteiger partial charge in [0, 0.05) is 17.9 Å². The summed E-state index contributed by atoms with van der Waals surface area (Å²) in [6, 6.07) is 19.4. The molecule has 9 nitrogen and oxygen atoms in total. The molecule has 3 N–H and O–H groups in total. The number of rotatable bonds is 8. The van der Waals surface area contributed by atoms with Gasteiger partial charge in [-0.25, -0.2) is 4.79 Å². The van der Waals surface area contributed by atoms with Crippen LogP contribution in [-0.2, 0) is 9.63 Å². The Kier molecular flexibility index (Phi) is 8.38. The average molecular weight is 392 g/mol. The summed E-state index contributed by atoms with van der Waals surface area (Å²) < 4.78 is 0. The minimum absolute atomic E-state index is 0.184. The van der Waals surface area contributed by atoms with Gasteiger partial charge in [-0.05, 0) is 31.2 Å². The van der Waals surface area contributed by atoms with Crippen LogP contribution in [0.3, 0.4) is 0 Å². The number of carbonyl (C=O) groups excluding carboxylic acids is 2. The quantitative estimate of drug-likeness (QED) is 0.275. The number of nitriles is 1. The van der Waals surface area contributed by atoms with E-state index < -0.39 is 12.0 Å². The number of hydrazone groups is 1. The second-order valence-electron chi connectivity index (χ2n) is 5.64. The van der Waals surface area contributed by atoms with Crippen molar-refractivity contribution in [3.8, 4) is 6.07 Å². The van der Waals surface area contributed by atoms with Gasteiger partial charge in [-0.2, -0.15) is 10.4 Å².